The molecule has 4 aromatic carbocycles. The summed E-state index contributed by atoms with van der Waals surface area (Å²) in [5, 5.41) is 21.5. The van der Waals surface area contributed by atoms with E-state index in [2.05, 4.69) is 21.7 Å². The molecule has 0 fully saturated rings. The van der Waals surface area contributed by atoms with E-state index in [-0.39, 0.29) is 33.6 Å². The second kappa shape index (κ2) is 17.2. The van der Waals surface area contributed by atoms with Crippen molar-refractivity contribution in [2.75, 3.05) is 13.2 Å². The first-order valence-corrected chi connectivity index (χ1v) is 14.8. The number of carbonyl (C=O) groups excluding carboxylic acids is 4. The van der Waals surface area contributed by atoms with Crippen LogP contribution in [-0.4, -0.2) is 46.7 Å². The molecule has 0 radical (unpaired) electrons. The molecule has 0 aliphatic carbocycles. The van der Waals surface area contributed by atoms with Gasteiger partial charge >= 0.3 is 0 Å². The zero-order valence-electron chi connectivity index (χ0n) is 25.8. The zero-order valence-corrected chi connectivity index (χ0v) is 25.8. The molecule has 4 rings (SSSR count). The number of nitro benzene ring substituents is 2. The summed E-state index contributed by atoms with van der Waals surface area (Å²) >= 11 is 0. The van der Waals surface area contributed by atoms with Crippen LogP contribution in [0.4, 0.5) is 11.4 Å². The molecule has 0 aromatic heterocycles. The van der Waals surface area contributed by atoms with Gasteiger partial charge in [0.1, 0.15) is 11.5 Å². The molecule has 4 aromatic rings. The Morgan fingerprint density at radius 2 is 0.714 bits per heavy atom. The van der Waals surface area contributed by atoms with Gasteiger partial charge in [-0.1, -0.05) is 0 Å². The highest BCUT2D eigenvalue weighted by Crippen LogP contribution is 2.16. The number of ether oxygens (including phenoxy) is 2. The predicted octanol–water partition coefficient (Wildman–Crippen LogP) is 4.28. The smallest absolute Gasteiger partial charge is 0.269 e. The standard InChI is InChI=1S/C33H30N6O10/c40-30(22-4-12-26(13-5-22)38(44)45)34-36-32(42)24-8-16-28(17-9-24)48-20-2-1-3-21-49-29-18-10-25(11-19-29)33(43)37-35-31(41)23-6-14-27(15-7-23)39(46)47/h4-19H,1-3,20-21H2,(H,34,40)(H,35,41)(H,36,42)(H,37,43). The molecule has 252 valence electrons. The van der Waals surface area contributed by atoms with E-state index in [4.69, 9.17) is 9.47 Å². The maximum absolute atomic E-state index is 12.3. The van der Waals surface area contributed by atoms with Crippen molar-refractivity contribution >= 4 is 35.0 Å². The number of carbonyl (C=O) groups is 4. The van der Waals surface area contributed by atoms with Gasteiger partial charge in [-0.15, -0.1) is 0 Å². The van der Waals surface area contributed by atoms with Gasteiger partial charge in [-0.05, 0) is 92.1 Å². The molecule has 0 atom stereocenters. The topological polar surface area (TPSA) is 221 Å². The Morgan fingerprint density at radius 1 is 0.449 bits per heavy atom. The maximum atomic E-state index is 12.3. The minimum Gasteiger partial charge on any atom is -0.494 e. The van der Waals surface area contributed by atoms with Crippen LogP contribution in [0.3, 0.4) is 0 Å². The van der Waals surface area contributed by atoms with E-state index in [1.807, 2.05) is 0 Å². The molecular weight excluding hydrogens is 640 g/mol. The van der Waals surface area contributed by atoms with Crippen LogP contribution in [0.5, 0.6) is 11.5 Å². The number of nitro groups is 2. The van der Waals surface area contributed by atoms with Gasteiger partial charge in [0, 0.05) is 46.5 Å². The third-order valence-corrected chi connectivity index (χ3v) is 6.82. The normalized spacial score (nSPS) is 10.3. The molecule has 16 nitrogen and oxygen atoms in total. The number of amides is 4. The number of hydrazine groups is 2. The van der Waals surface area contributed by atoms with Gasteiger partial charge in [-0.3, -0.25) is 61.1 Å². The van der Waals surface area contributed by atoms with Crippen molar-refractivity contribution in [2.24, 2.45) is 0 Å². The van der Waals surface area contributed by atoms with Gasteiger partial charge in [-0.2, -0.15) is 0 Å². The van der Waals surface area contributed by atoms with Crippen LogP contribution >= 0.6 is 0 Å². The van der Waals surface area contributed by atoms with Crippen molar-refractivity contribution in [2.45, 2.75) is 19.3 Å². The first kappa shape index (κ1) is 35.0. The van der Waals surface area contributed by atoms with Gasteiger partial charge in [0.25, 0.3) is 35.0 Å². The molecule has 0 aliphatic rings. The fourth-order valence-electron chi connectivity index (χ4n) is 4.15. The summed E-state index contributed by atoms with van der Waals surface area (Å²) in [6.07, 6.45) is 2.33. The van der Waals surface area contributed by atoms with Gasteiger partial charge in [-0.25, -0.2) is 0 Å². The highest BCUT2D eigenvalue weighted by Gasteiger charge is 2.13. The third-order valence-electron chi connectivity index (χ3n) is 6.82. The Balaban J connectivity index is 1.07. The molecule has 0 saturated carbocycles. The van der Waals surface area contributed by atoms with Crippen LogP contribution in [0, 0.1) is 20.2 Å². The summed E-state index contributed by atoms with van der Waals surface area (Å²) in [6, 6.07) is 22.6. The summed E-state index contributed by atoms with van der Waals surface area (Å²) < 4.78 is 11.4. The number of unbranched alkanes of at least 4 members (excludes halogenated alkanes) is 2. The number of non-ortho nitro benzene ring substituents is 2. The zero-order chi connectivity index (χ0) is 35.2. The lowest BCUT2D eigenvalue weighted by Gasteiger charge is -2.10. The summed E-state index contributed by atoms with van der Waals surface area (Å²) in [5.41, 5.74) is 9.66. The minimum absolute atomic E-state index is 0.146. The number of hydrogen-bond donors (Lipinski definition) is 4. The Hall–Kier alpha value is -6.84. The Kier molecular flexibility index (Phi) is 12.3. The Morgan fingerprint density at radius 3 is 0.980 bits per heavy atom. The lowest BCUT2D eigenvalue weighted by atomic mass is 10.2. The molecule has 0 spiro atoms. The molecule has 0 unspecified atom stereocenters. The van der Waals surface area contributed by atoms with E-state index < -0.39 is 33.5 Å². The van der Waals surface area contributed by atoms with Gasteiger partial charge < -0.3 is 9.47 Å². The maximum Gasteiger partial charge on any atom is 0.269 e. The summed E-state index contributed by atoms with van der Waals surface area (Å²) in [5.74, 6) is -1.22. The van der Waals surface area contributed by atoms with Crippen LogP contribution in [0.1, 0.15) is 60.7 Å². The molecule has 0 aliphatic heterocycles. The predicted molar refractivity (Wildman–Crippen MR) is 174 cm³/mol. The second-order valence-corrected chi connectivity index (χ2v) is 10.2. The number of nitrogens with zero attached hydrogens (tertiary/aromatic N) is 2. The number of nitrogens with one attached hydrogen (secondary N) is 4. The largest absolute Gasteiger partial charge is 0.494 e. The Bertz CT molecular complexity index is 1660. The summed E-state index contributed by atoms with van der Waals surface area (Å²) in [4.78, 5) is 69.3. The lowest BCUT2D eigenvalue weighted by molar-refractivity contribution is -0.385. The van der Waals surface area contributed by atoms with E-state index >= 15 is 0 Å². The van der Waals surface area contributed by atoms with Crippen LogP contribution in [0.2, 0.25) is 0 Å². The van der Waals surface area contributed by atoms with Crippen molar-refractivity contribution < 1.29 is 38.5 Å². The summed E-state index contributed by atoms with van der Waals surface area (Å²) in [7, 11) is 0. The summed E-state index contributed by atoms with van der Waals surface area (Å²) in [6.45, 7) is 0.892. The number of rotatable bonds is 14. The minimum atomic E-state index is -0.625. The molecule has 0 saturated heterocycles. The fourth-order valence-corrected chi connectivity index (χ4v) is 4.15. The average Bonchev–Trinajstić information content (AvgIpc) is 3.12. The van der Waals surface area contributed by atoms with Crippen molar-refractivity contribution in [3.63, 3.8) is 0 Å². The van der Waals surface area contributed by atoms with E-state index in [9.17, 15) is 39.4 Å². The quantitative estimate of drug-likeness (QED) is 0.0847. The van der Waals surface area contributed by atoms with Crippen molar-refractivity contribution in [1.29, 1.82) is 0 Å². The van der Waals surface area contributed by atoms with E-state index in [1.165, 1.54) is 48.5 Å². The second-order valence-electron chi connectivity index (χ2n) is 10.2. The monoisotopic (exact) mass is 670 g/mol. The highest BCUT2D eigenvalue weighted by molar-refractivity contribution is 6.00. The third kappa shape index (κ3) is 10.6. The van der Waals surface area contributed by atoms with Gasteiger partial charge in [0.15, 0.2) is 0 Å². The van der Waals surface area contributed by atoms with Gasteiger partial charge in [0.05, 0.1) is 23.1 Å². The molecule has 49 heavy (non-hydrogen) atoms. The molecular formula is C33H30N6O10. The highest BCUT2D eigenvalue weighted by atomic mass is 16.6. The van der Waals surface area contributed by atoms with Crippen LogP contribution in [-0.2, 0) is 0 Å². The van der Waals surface area contributed by atoms with E-state index in [0.29, 0.717) is 24.7 Å². The van der Waals surface area contributed by atoms with Crippen molar-refractivity contribution in [3.05, 3.63) is 140 Å². The molecule has 16 heteroatoms. The molecule has 0 bridgehead atoms. The molecule has 4 N–H and O–H groups in total. The first-order chi connectivity index (χ1) is 23.6. The Labute approximate surface area is 278 Å². The molecule has 4 amide bonds. The number of benzene rings is 4. The van der Waals surface area contributed by atoms with Crippen molar-refractivity contribution in [1.82, 2.24) is 21.7 Å². The van der Waals surface area contributed by atoms with Crippen molar-refractivity contribution in [3.8, 4) is 11.5 Å². The first-order valence-electron chi connectivity index (χ1n) is 14.8. The van der Waals surface area contributed by atoms with E-state index in [0.717, 1.165) is 19.3 Å². The van der Waals surface area contributed by atoms with Gasteiger partial charge in [0.2, 0.25) is 0 Å². The van der Waals surface area contributed by atoms with Crippen LogP contribution < -0.4 is 31.2 Å². The van der Waals surface area contributed by atoms with E-state index in [1.54, 1.807) is 48.5 Å². The molecule has 0 heterocycles. The number of hydrogen-bond acceptors (Lipinski definition) is 10. The van der Waals surface area contributed by atoms with Crippen LogP contribution in [0.15, 0.2) is 97.1 Å². The fraction of sp³-hybridized carbons (Fsp3) is 0.152. The lowest BCUT2D eigenvalue weighted by Crippen LogP contribution is -2.41. The SMILES string of the molecule is O=C(NNC(=O)c1ccc([N+](=O)[O-])cc1)c1ccc(OCCCCCOc2ccc(C(=O)NNC(=O)c3ccc([N+](=O)[O-])cc3)cc2)cc1. The average molecular weight is 671 g/mol. The van der Waals surface area contributed by atoms with Crippen LogP contribution in [0.25, 0.3) is 0 Å².